The second-order valence-electron chi connectivity index (χ2n) is 3.53. The van der Waals surface area contributed by atoms with Gasteiger partial charge in [0.05, 0.1) is 11.2 Å². The lowest BCUT2D eigenvalue weighted by Gasteiger charge is -2.04. The first-order chi connectivity index (χ1) is 6.61. The number of anilines is 1. The van der Waals surface area contributed by atoms with Crippen molar-refractivity contribution in [1.29, 1.82) is 0 Å². The standard InChI is InChI=1S/C10H12N2O2/c1-6(2)12-8-5-3-4-7(11)9(8)14-10(12)13/h3-6H,11H2,1-2H3. The van der Waals surface area contributed by atoms with Gasteiger partial charge in [0.25, 0.3) is 0 Å². The molecule has 74 valence electrons. The Hall–Kier alpha value is -1.71. The molecule has 0 saturated carbocycles. The van der Waals surface area contributed by atoms with Gasteiger partial charge in [0.15, 0.2) is 5.58 Å². The molecule has 4 heteroatoms. The van der Waals surface area contributed by atoms with E-state index in [9.17, 15) is 4.79 Å². The Labute approximate surface area is 80.9 Å². The lowest BCUT2D eigenvalue weighted by molar-refractivity contribution is 0.478. The Balaban J connectivity index is 2.91. The van der Waals surface area contributed by atoms with Crippen molar-refractivity contribution in [2.24, 2.45) is 0 Å². The highest BCUT2D eigenvalue weighted by molar-refractivity contribution is 5.84. The molecular formula is C10H12N2O2. The van der Waals surface area contributed by atoms with Gasteiger partial charge in [0.2, 0.25) is 0 Å². The first-order valence-electron chi connectivity index (χ1n) is 4.51. The molecule has 0 amide bonds. The number of nitrogens with zero attached hydrogens (tertiary/aromatic N) is 1. The van der Waals surface area contributed by atoms with Crippen LogP contribution < -0.4 is 11.5 Å². The van der Waals surface area contributed by atoms with Crippen LogP contribution in [0.3, 0.4) is 0 Å². The van der Waals surface area contributed by atoms with Crippen molar-refractivity contribution in [3.05, 3.63) is 28.7 Å². The molecule has 0 aliphatic heterocycles. The third-order valence-electron chi connectivity index (χ3n) is 2.19. The summed E-state index contributed by atoms with van der Waals surface area (Å²) < 4.78 is 6.66. The van der Waals surface area contributed by atoms with E-state index in [0.29, 0.717) is 11.3 Å². The topological polar surface area (TPSA) is 61.2 Å². The average molecular weight is 192 g/mol. The van der Waals surface area contributed by atoms with Crippen molar-refractivity contribution in [2.75, 3.05) is 5.73 Å². The van der Waals surface area contributed by atoms with Gasteiger partial charge in [0.1, 0.15) is 0 Å². The summed E-state index contributed by atoms with van der Waals surface area (Å²) in [6.07, 6.45) is 0. The maximum absolute atomic E-state index is 11.5. The number of aromatic nitrogens is 1. The maximum atomic E-state index is 11.5. The van der Waals surface area contributed by atoms with Crippen LogP contribution in [0, 0.1) is 0 Å². The zero-order chi connectivity index (χ0) is 10.3. The number of hydrogen-bond donors (Lipinski definition) is 1. The largest absolute Gasteiger partial charge is 0.420 e. The molecule has 0 bridgehead atoms. The normalized spacial score (nSPS) is 11.4. The maximum Gasteiger partial charge on any atom is 0.420 e. The molecule has 4 nitrogen and oxygen atoms in total. The van der Waals surface area contributed by atoms with Gasteiger partial charge in [-0.3, -0.25) is 4.57 Å². The molecule has 0 spiro atoms. The quantitative estimate of drug-likeness (QED) is 0.700. The molecule has 0 fully saturated rings. The molecule has 0 unspecified atom stereocenters. The highest BCUT2D eigenvalue weighted by atomic mass is 16.4. The highest BCUT2D eigenvalue weighted by Crippen LogP contribution is 2.21. The SMILES string of the molecule is CC(C)n1c(=O)oc2c(N)cccc21. The summed E-state index contributed by atoms with van der Waals surface area (Å²) >= 11 is 0. The van der Waals surface area contributed by atoms with Crippen LogP contribution in [0.15, 0.2) is 27.4 Å². The van der Waals surface area contributed by atoms with E-state index < -0.39 is 0 Å². The number of hydrogen-bond acceptors (Lipinski definition) is 3. The minimum atomic E-state index is -0.354. The van der Waals surface area contributed by atoms with E-state index in [1.165, 1.54) is 0 Å². The van der Waals surface area contributed by atoms with E-state index in [0.717, 1.165) is 5.52 Å². The van der Waals surface area contributed by atoms with Crippen molar-refractivity contribution < 1.29 is 4.42 Å². The smallest absolute Gasteiger partial charge is 0.405 e. The van der Waals surface area contributed by atoms with Gasteiger partial charge < -0.3 is 10.2 Å². The van der Waals surface area contributed by atoms with Crippen LogP contribution in [0.1, 0.15) is 19.9 Å². The Morgan fingerprint density at radius 2 is 2.14 bits per heavy atom. The van der Waals surface area contributed by atoms with E-state index >= 15 is 0 Å². The minimum Gasteiger partial charge on any atom is -0.405 e. The van der Waals surface area contributed by atoms with Gasteiger partial charge in [-0.25, -0.2) is 4.79 Å². The summed E-state index contributed by atoms with van der Waals surface area (Å²) in [5, 5.41) is 0. The summed E-state index contributed by atoms with van der Waals surface area (Å²) in [7, 11) is 0. The predicted molar refractivity (Wildman–Crippen MR) is 55.3 cm³/mol. The lowest BCUT2D eigenvalue weighted by Crippen LogP contribution is -2.15. The van der Waals surface area contributed by atoms with Gasteiger partial charge in [-0.15, -0.1) is 0 Å². The Kier molecular flexibility index (Phi) is 1.84. The van der Waals surface area contributed by atoms with Crippen molar-refractivity contribution >= 4 is 16.8 Å². The number of para-hydroxylation sites is 1. The average Bonchev–Trinajstić information content (AvgIpc) is 2.42. The van der Waals surface area contributed by atoms with E-state index in [-0.39, 0.29) is 11.8 Å². The highest BCUT2D eigenvalue weighted by Gasteiger charge is 2.12. The molecule has 0 saturated heterocycles. The van der Waals surface area contributed by atoms with Crippen molar-refractivity contribution in [3.8, 4) is 0 Å². The molecule has 2 rings (SSSR count). The summed E-state index contributed by atoms with van der Waals surface area (Å²) in [4.78, 5) is 11.5. The number of benzene rings is 1. The third-order valence-corrected chi connectivity index (χ3v) is 2.19. The summed E-state index contributed by atoms with van der Waals surface area (Å²) in [5.74, 6) is -0.354. The Morgan fingerprint density at radius 3 is 2.79 bits per heavy atom. The molecule has 0 radical (unpaired) electrons. The predicted octanol–water partition coefficient (Wildman–Crippen LogP) is 1.76. The molecule has 0 aliphatic rings. The van der Waals surface area contributed by atoms with Gasteiger partial charge in [0, 0.05) is 6.04 Å². The van der Waals surface area contributed by atoms with Gasteiger partial charge in [-0.05, 0) is 26.0 Å². The third kappa shape index (κ3) is 1.11. The Morgan fingerprint density at radius 1 is 1.43 bits per heavy atom. The first-order valence-corrected chi connectivity index (χ1v) is 4.51. The molecular weight excluding hydrogens is 180 g/mol. The van der Waals surface area contributed by atoms with Crippen LogP contribution in [0.4, 0.5) is 5.69 Å². The fourth-order valence-corrected chi connectivity index (χ4v) is 1.57. The number of rotatable bonds is 1. The van der Waals surface area contributed by atoms with Crippen LogP contribution in [0.25, 0.3) is 11.1 Å². The summed E-state index contributed by atoms with van der Waals surface area (Å²) in [5.41, 5.74) is 7.42. The van der Waals surface area contributed by atoms with Crippen LogP contribution in [-0.4, -0.2) is 4.57 Å². The zero-order valence-electron chi connectivity index (χ0n) is 8.15. The molecule has 2 aromatic rings. The van der Waals surface area contributed by atoms with Crippen molar-refractivity contribution in [2.45, 2.75) is 19.9 Å². The first kappa shape index (κ1) is 8.87. The van der Waals surface area contributed by atoms with Crippen molar-refractivity contribution in [3.63, 3.8) is 0 Å². The number of nitrogens with two attached hydrogens (primary N) is 1. The van der Waals surface area contributed by atoms with Crippen LogP contribution >= 0.6 is 0 Å². The monoisotopic (exact) mass is 192 g/mol. The van der Waals surface area contributed by atoms with Gasteiger partial charge in [-0.1, -0.05) is 6.07 Å². The number of oxazole rings is 1. The summed E-state index contributed by atoms with van der Waals surface area (Å²) in [6.45, 7) is 3.86. The molecule has 0 aliphatic carbocycles. The molecule has 0 atom stereocenters. The molecule has 2 N–H and O–H groups in total. The molecule has 14 heavy (non-hydrogen) atoms. The van der Waals surface area contributed by atoms with Gasteiger partial charge >= 0.3 is 5.76 Å². The van der Waals surface area contributed by atoms with Crippen molar-refractivity contribution in [1.82, 2.24) is 4.57 Å². The molecule has 1 heterocycles. The van der Waals surface area contributed by atoms with E-state index in [2.05, 4.69) is 0 Å². The zero-order valence-corrected chi connectivity index (χ0v) is 8.15. The van der Waals surface area contributed by atoms with Gasteiger partial charge in [-0.2, -0.15) is 0 Å². The van der Waals surface area contributed by atoms with Crippen LogP contribution in [0.5, 0.6) is 0 Å². The second kappa shape index (κ2) is 2.90. The van der Waals surface area contributed by atoms with Crippen LogP contribution in [-0.2, 0) is 0 Å². The lowest BCUT2D eigenvalue weighted by atomic mass is 10.2. The fourth-order valence-electron chi connectivity index (χ4n) is 1.57. The van der Waals surface area contributed by atoms with E-state index in [1.54, 1.807) is 10.6 Å². The number of nitrogen functional groups attached to an aromatic ring is 1. The number of fused-ring (bicyclic) bond motifs is 1. The summed E-state index contributed by atoms with van der Waals surface area (Å²) in [6, 6.07) is 5.43. The van der Waals surface area contributed by atoms with E-state index in [1.807, 2.05) is 26.0 Å². The molecule has 1 aromatic heterocycles. The second-order valence-corrected chi connectivity index (χ2v) is 3.53. The Bertz CT molecular complexity index is 522. The van der Waals surface area contributed by atoms with E-state index in [4.69, 9.17) is 10.2 Å². The molecule has 1 aromatic carbocycles. The fraction of sp³-hybridized carbons (Fsp3) is 0.300. The minimum absolute atomic E-state index is 0.0746. The van der Waals surface area contributed by atoms with Crippen LogP contribution in [0.2, 0.25) is 0 Å².